The van der Waals surface area contributed by atoms with Gasteiger partial charge in [-0.1, -0.05) is 11.8 Å². The van der Waals surface area contributed by atoms with Crippen LogP contribution in [0.25, 0.3) is 5.65 Å². The third-order valence-electron chi connectivity index (χ3n) is 2.26. The van der Waals surface area contributed by atoms with E-state index < -0.39 is 17.8 Å². The molecule has 0 atom stereocenters. The highest BCUT2D eigenvalue weighted by molar-refractivity contribution is 7.98. The van der Waals surface area contributed by atoms with E-state index in [2.05, 4.69) is 15.1 Å². The van der Waals surface area contributed by atoms with Crippen LogP contribution in [0.4, 0.5) is 22.0 Å². The van der Waals surface area contributed by atoms with Crippen molar-refractivity contribution in [2.24, 2.45) is 0 Å². The van der Waals surface area contributed by atoms with E-state index in [9.17, 15) is 22.0 Å². The van der Waals surface area contributed by atoms with Gasteiger partial charge in [0.25, 0.3) is 0 Å². The van der Waals surface area contributed by atoms with Gasteiger partial charge in [0, 0.05) is 6.07 Å². The van der Waals surface area contributed by atoms with Gasteiger partial charge in [0.15, 0.2) is 10.8 Å². The summed E-state index contributed by atoms with van der Waals surface area (Å²) in [5, 5.41) is 3.78. The van der Waals surface area contributed by atoms with Crippen molar-refractivity contribution in [2.75, 3.05) is 6.26 Å². The van der Waals surface area contributed by atoms with Crippen LogP contribution in [0.15, 0.2) is 11.2 Å². The Hall–Kier alpha value is -1.45. The topological polar surface area (TPSA) is 43.1 Å². The summed E-state index contributed by atoms with van der Waals surface area (Å²) in [5.41, 5.74) is -1.49. The largest absolute Gasteiger partial charge is 0.459 e. The van der Waals surface area contributed by atoms with Gasteiger partial charge < -0.3 is 0 Å². The van der Waals surface area contributed by atoms with Crippen LogP contribution in [0.5, 0.6) is 0 Å². The summed E-state index contributed by atoms with van der Waals surface area (Å²) in [5.74, 6) is -4.77. The van der Waals surface area contributed by atoms with E-state index in [1.807, 2.05) is 0 Å². The molecule has 0 aliphatic rings. The molecule has 10 heteroatoms. The van der Waals surface area contributed by atoms with Crippen LogP contribution in [0.1, 0.15) is 11.5 Å². The molecule has 104 valence electrons. The number of hydrogen-bond donors (Lipinski definition) is 0. The third kappa shape index (κ3) is 2.24. The molecule has 0 fully saturated rings. The van der Waals surface area contributed by atoms with Crippen molar-refractivity contribution in [2.45, 2.75) is 24.2 Å². The van der Waals surface area contributed by atoms with E-state index in [1.165, 1.54) is 13.2 Å². The summed E-state index contributed by atoms with van der Waals surface area (Å²) in [7, 11) is 0. The molecule has 0 saturated carbocycles. The van der Waals surface area contributed by atoms with Crippen LogP contribution in [0.3, 0.4) is 0 Å². The molecule has 0 amide bonds. The molecule has 2 aromatic rings. The molecule has 0 aliphatic heterocycles. The number of alkyl halides is 5. The van der Waals surface area contributed by atoms with Gasteiger partial charge in [0.05, 0.1) is 0 Å². The molecule has 19 heavy (non-hydrogen) atoms. The maximum absolute atomic E-state index is 13.3. The Balaban J connectivity index is 2.69. The Kier molecular flexibility index (Phi) is 3.15. The minimum absolute atomic E-state index is 0.0861. The lowest BCUT2D eigenvalue weighted by Crippen LogP contribution is -2.34. The van der Waals surface area contributed by atoms with Gasteiger partial charge in [0.2, 0.25) is 0 Å². The number of aromatic nitrogens is 4. The lowest BCUT2D eigenvalue weighted by Gasteiger charge is -2.19. The van der Waals surface area contributed by atoms with E-state index in [4.69, 9.17) is 0 Å². The summed E-state index contributed by atoms with van der Waals surface area (Å²) < 4.78 is 64.6. The molecule has 2 rings (SSSR count). The molecule has 0 bridgehead atoms. The first-order valence-electron chi connectivity index (χ1n) is 4.90. The molecule has 0 aliphatic carbocycles. The number of rotatable bonds is 2. The molecular weight excluding hydrogens is 291 g/mol. The lowest BCUT2D eigenvalue weighted by atomic mass is 10.2. The Morgan fingerprint density at radius 1 is 1.16 bits per heavy atom. The Labute approximate surface area is 108 Å². The molecule has 4 nitrogen and oxygen atoms in total. The standard InChI is InChI=1S/C9H7F5N4S/c1-4-15-6-3-5(8(10,11)9(12,13)14)16-7(19-2)18(6)17-4/h3H,1-2H3. The second-order valence-electron chi connectivity index (χ2n) is 3.63. The van der Waals surface area contributed by atoms with E-state index >= 15 is 0 Å². The van der Waals surface area contributed by atoms with Gasteiger partial charge in [-0.25, -0.2) is 9.97 Å². The summed E-state index contributed by atoms with van der Waals surface area (Å²) >= 11 is 0.901. The molecular formula is C9H7F5N4S. The van der Waals surface area contributed by atoms with Crippen LogP contribution in [-0.2, 0) is 5.92 Å². The maximum atomic E-state index is 13.3. The normalized spacial score (nSPS) is 13.2. The first kappa shape index (κ1) is 14.0. The van der Waals surface area contributed by atoms with Crippen LogP contribution in [0, 0.1) is 6.92 Å². The van der Waals surface area contributed by atoms with E-state index in [0.29, 0.717) is 6.07 Å². The predicted molar refractivity (Wildman–Crippen MR) is 57.2 cm³/mol. The number of nitrogens with zero attached hydrogens (tertiary/aromatic N) is 4. The number of aryl methyl sites for hydroxylation is 1. The highest BCUT2D eigenvalue weighted by Gasteiger charge is 2.60. The monoisotopic (exact) mass is 298 g/mol. The van der Waals surface area contributed by atoms with Crippen molar-refractivity contribution < 1.29 is 22.0 Å². The number of hydrogen-bond acceptors (Lipinski definition) is 4. The zero-order chi connectivity index (χ0) is 14.4. The second-order valence-corrected chi connectivity index (χ2v) is 4.40. The van der Waals surface area contributed by atoms with Crippen molar-refractivity contribution in [3.8, 4) is 0 Å². The van der Waals surface area contributed by atoms with Crippen LogP contribution in [-0.4, -0.2) is 32.0 Å². The number of thioether (sulfide) groups is 1. The Bertz CT molecular complexity index is 621. The minimum atomic E-state index is -5.71. The molecule has 2 aromatic heterocycles. The van der Waals surface area contributed by atoms with Crippen molar-refractivity contribution in [3.63, 3.8) is 0 Å². The van der Waals surface area contributed by atoms with Gasteiger partial charge >= 0.3 is 12.1 Å². The molecule has 0 aromatic carbocycles. The Morgan fingerprint density at radius 3 is 2.32 bits per heavy atom. The summed E-state index contributed by atoms with van der Waals surface area (Å²) in [6.07, 6.45) is -4.21. The predicted octanol–water partition coefficient (Wildman–Crippen LogP) is 2.81. The lowest BCUT2D eigenvalue weighted by molar-refractivity contribution is -0.291. The Morgan fingerprint density at radius 2 is 1.79 bits per heavy atom. The number of fused-ring (bicyclic) bond motifs is 1. The van der Waals surface area contributed by atoms with Gasteiger partial charge in [-0.2, -0.15) is 26.5 Å². The summed E-state index contributed by atoms with van der Waals surface area (Å²) in [6, 6.07) is 0.590. The van der Waals surface area contributed by atoms with Crippen molar-refractivity contribution in [3.05, 3.63) is 17.6 Å². The first-order valence-corrected chi connectivity index (χ1v) is 6.12. The highest BCUT2D eigenvalue weighted by Crippen LogP contribution is 2.43. The fraction of sp³-hybridized carbons (Fsp3) is 0.444. The zero-order valence-electron chi connectivity index (χ0n) is 9.66. The maximum Gasteiger partial charge on any atom is 0.459 e. The zero-order valence-corrected chi connectivity index (χ0v) is 10.5. The minimum Gasteiger partial charge on any atom is -0.221 e. The van der Waals surface area contributed by atoms with Crippen molar-refractivity contribution in [1.82, 2.24) is 19.6 Å². The molecule has 2 heterocycles. The van der Waals surface area contributed by atoms with Gasteiger partial charge in [-0.05, 0) is 13.2 Å². The SMILES string of the molecule is CSc1nc(C(F)(F)C(F)(F)F)cc2nc(C)nn12. The second kappa shape index (κ2) is 4.29. The van der Waals surface area contributed by atoms with E-state index in [0.717, 1.165) is 16.3 Å². The third-order valence-corrected chi connectivity index (χ3v) is 2.89. The van der Waals surface area contributed by atoms with E-state index in [-0.39, 0.29) is 16.6 Å². The quantitative estimate of drug-likeness (QED) is 0.486. The first-order chi connectivity index (χ1) is 8.66. The molecule has 0 spiro atoms. The van der Waals surface area contributed by atoms with Crippen molar-refractivity contribution in [1.29, 1.82) is 0 Å². The number of halogens is 5. The fourth-order valence-electron chi connectivity index (χ4n) is 1.41. The molecule has 0 radical (unpaired) electrons. The molecule has 0 saturated heterocycles. The van der Waals surface area contributed by atoms with Crippen LogP contribution >= 0.6 is 11.8 Å². The van der Waals surface area contributed by atoms with Gasteiger partial charge in [-0.15, -0.1) is 5.10 Å². The fourth-order valence-corrected chi connectivity index (χ4v) is 1.91. The smallest absolute Gasteiger partial charge is 0.221 e. The average molecular weight is 298 g/mol. The van der Waals surface area contributed by atoms with Crippen LogP contribution in [0.2, 0.25) is 0 Å². The van der Waals surface area contributed by atoms with Gasteiger partial charge in [-0.3, -0.25) is 0 Å². The summed E-state index contributed by atoms with van der Waals surface area (Å²) in [4.78, 5) is 7.10. The van der Waals surface area contributed by atoms with Gasteiger partial charge in [0.1, 0.15) is 11.5 Å². The molecule has 0 N–H and O–H groups in total. The van der Waals surface area contributed by atoms with Crippen LogP contribution < -0.4 is 0 Å². The highest BCUT2D eigenvalue weighted by atomic mass is 32.2. The summed E-state index contributed by atoms with van der Waals surface area (Å²) in [6.45, 7) is 1.50. The van der Waals surface area contributed by atoms with E-state index in [1.54, 1.807) is 0 Å². The average Bonchev–Trinajstić information content (AvgIpc) is 2.66. The molecule has 0 unspecified atom stereocenters. The van der Waals surface area contributed by atoms with Crippen molar-refractivity contribution >= 4 is 17.4 Å².